The summed E-state index contributed by atoms with van der Waals surface area (Å²) in [6.07, 6.45) is -4.77. The van der Waals surface area contributed by atoms with Crippen molar-refractivity contribution < 1.29 is 31.1 Å². The summed E-state index contributed by atoms with van der Waals surface area (Å²) in [6, 6.07) is 9.46. The third-order valence-corrected chi connectivity index (χ3v) is 5.47. The van der Waals surface area contributed by atoms with Crippen molar-refractivity contribution in [2.24, 2.45) is 0 Å². The molecule has 0 saturated heterocycles. The molecule has 9 heteroatoms. The molecule has 0 saturated carbocycles. The summed E-state index contributed by atoms with van der Waals surface area (Å²) in [5.74, 6) is -0.647. The van der Waals surface area contributed by atoms with E-state index in [1.807, 2.05) is 4.72 Å². The van der Waals surface area contributed by atoms with Crippen LogP contribution in [-0.4, -0.2) is 20.1 Å². The molecule has 2 aromatic carbocycles. The molecule has 27 heavy (non-hydrogen) atoms. The van der Waals surface area contributed by atoms with Gasteiger partial charge in [0.05, 0.1) is 11.3 Å². The average molecular weight is 399 g/mol. The van der Waals surface area contributed by atoms with Crippen LogP contribution in [0.5, 0.6) is 5.75 Å². The Morgan fingerprint density at radius 3 is 2.63 bits per heavy atom. The highest BCUT2D eigenvalue weighted by molar-refractivity contribution is 7.90. The summed E-state index contributed by atoms with van der Waals surface area (Å²) in [7, 11) is -3.70. The number of carbonyl (C=O) groups is 1. The van der Waals surface area contributed by atoms with Crippen molar-refractivity contribution in [3.05, 3.63) is 64.7 Å². The number of ether oxygens (including phenoxy) is 1. The number of amides is 1. The van der Waals surface area contributed by atoms with Gasteiger partial charge in [-0.15, -0.1) is 0 Å². The van der Waals surface area contributed by atoms with Gasteiger partial charge in [0.15, 0.2) is 0 Å². The lowest BCUT2D eigenvalue weighted by atomic mass is 10.0. The van der Waals surface area contributed by atoms with Crippen LogP contribution in [0.4, 0.5) is 13.2 Å². The largest absolute Gasteiger partial charge is 0.485 e. The second kappa shape index (κ2) is 6.88. The second-order valence-corrected chi connectivity index (χ2v) is 8.10. The molecule has 1 heterocycles. The van der Waals surface area contributed by atoms with Gasteiger partial charge in [-0.2, -0.15) is 13.2 Å². The van der Waals surface area contributed by atoms with Crippen LogP contribution in [0.15, 0.2) is 42.5 Å². The van der Waals surface area contributed by atoms with Gasteiger partial charge in [-0.05, 0) is 48.4 Å². The zero-order valence-corrected chi connectivity index (χ0v) is 15.0. The fourth-order valence-corrected chi connectivity index (χ4v) is 3.31. The maximum absolute atomic E-state index is 12.8. The first-order chi connectivity index (χ1) is 12.6. The Morgan fingerprint density at radius 1 is 1.22 bits per heavy atom. The first-order valence-electron chi connectivity index (χ1n) is 8.10. The Kier molecular flexibility index (Phi) is 4.90. The number of carbonyl (C=O) groups excluding carboxylic acids is 1. The average Bonchev–Trinajstić information content (AvgIpc) is 3.04. The van der Waals surface area contributed by atoms with Crippen LogP contribution in [0.3, 0.4) is 0 Å². The van der Waals surface area contributed by atoms with E-state index in [9.17, 15) is 26.4 Å². The number of hydrogen-bond acceptors (Lipinski definition) is 4. The van der Waals surface area contributed by atoms with Crippen molar-refractivity contribution in [1.82, 2.24) is 4.72 Å². The number of hydrogen-bond donors (Lipinski definition) is 1. The van der Waals surface area contributed by atoms with Gasteiger partial charge in [-0.1, -0.05) is 12.1 Å². The monoisotopic (exact) mass is 399 g/mol. The highest BCUT2D eigenvalue weighted by Gasteiger charge is 2.33. The number of alkyl halides is 3. The van der Waals surface area contributed by atoms with Gasteiger partial charge in [0, 0.05) is 12.0 Å². The molecular formula is C18H16F3NO4S. The van der Waals surface area contributed by atoms with E-state index in [0.29, 0.717) is 16.9 Å². The molecule has 1 N–H and O–H groups in total. The van der Waals surface area contributed by atoms with Crippen LogP contribution < -0.4 is 9.46 Å². The second-order valence-electron chi connectivity index (χ2n) is 6.09. The molecular weight excluding hydrogens is 383 g/mol. The minimum Gasteiger partial charge on any atom is -0.485 e. The molecule has 0 unspecified atom stereocenters. The summed E-state index contributed by atoms with van der Waals surface area (Å²) in [4.78, 5) is 12.1. The molecule has 0 fully saturated rings. The SMILES string of the molecule is CCS(=O)(=O)NC(=O)c1cccc([C@@H]2Cc3cc(C(F)(F)F)ccc3O2)c1. The molecule has 0 radical (unpaired) electrons. The van der Waals surface area contributed by atoms with E-state index in [4.69, 9.17) is 4.74 Å². The van der Waals surface area contributed by atoms with Gasteiger partial charge in [-0.3, -0.25) is 4.79 Å². The van der Waals surface area contributed by atoms with Crippen molar-refractivity contribution in [3.8, 4) is 5.75 Å². The van der Waals surface area contributed by atoms with E-state index in [1.165, 1.54) is 25.1 Å². The molecule has 5 nitrogen and oxygen atoms in total. The Hall–Kier alpha value is -2.55. The maximum atomic E-state index is 12.8. The lowest BCUT2D eigenvalue weighted by Gasteiger charge is -2.12. The lowest BCUT2D eigenvalue weighted by molar-refractivity contribution is -0.137. The molecule has 0 aliphatic carbocycles. The van der Waals surface area contributed by atoms with E-state index < -0.39 is 33.8 Å². The summed E-state index contributed by atoms with van der Waals surface area (Å²) in [5, 5.41) is 0. The zero-order chi connectivity index (χ0) is 19.8. The quantitative estimate of drug-likeness (QED) is 0.855. The topological polar surface area (TPSA) is 72.5 Å². The fourth-order valence-electron chi connectivity index (χ4n) is 2.76. The van der Waals surface area contributed by atoms with E-state index in [2.05, 4.69) is 0 Å². The fraction of sp³-hybridized carbons (Fsp3) is 0.278. The molecule has 0 spiro atoms. The molecule has 144 valence electrons. The van der Waals surface area contributed by atoms with Crippen LogP contribution in [0.25, 0.3) is 0 Å². The van der Waals surface area contributed by atoms with Crippen LogP contribution in [0.1, 0.15) is 40.1 Å². The van der Waals surface area contributed by atoms with Crippen molar-refractivity contribution in [2.75, 3.05) is 5.75 Å². The van der Waals surface area contributed by atoms with Crippen LogP contribution in [0.2, 0.25) is 0 Å². The number of halogens is 3. The first-order valence-corrected chi connectivity index (χ1v) is 9.76. The third kappa shape index (κ3) is 4.24. The Bertz CT molecular complexity index is 986. The summed E-state index contributed by atoms with van der Waals surface area (Å²) in [5.41, 5.74) is 0.378. The molecule has 1 aliphatic rings. The number of rotatable bonds is 4. The van der Waals surface area contributed by atoms with Crippen molar-refractivity contribution in [3.63, 3.8) is 0 Å². The highest BCUT2D eigenvalue weighted by atomic mass is 32.2. The predicted molar refractivity (Wildman–Crippen MR) is 91.9 cm³/mol. The van der Waals surface area contributed by atoms with Gasteiger partial charge in [0.25, 0.3) is 5.91 Å². The number of fused-ring (bicyclic) bond motifs is 1. The first kappa shape index (κ1) is 19.2. The standard InChI is InChI=1S/C18H16F3NO4S/c1-2-27(24,25)22-17(23)12-5-3-4-11(8-12)16-10-13-9-14(18(19,20)21)6-7-15(13)26-16/h3-9,16H,2,10H2,1H3,(H,22,23)/t16-/m0/s1. The van der Waals surface area contributed by atoms with Gasteiger partial charge in [0.1, 0.15) is 11.9 Å². The van der Waals surface area contributed by atoms with Gasteiger partial charge < -0.3 is 4.74 Å². The number of nitrogens with one attached hydrogen (secondary N) is 1. The van der Waals surface area contributed by atoms with Crippen LogP contribution >= 0.6 is 0 Å². The molecule has 3 rings (SSSR count). The van der Waals surface area contributed by atoms with Crippen LogP contribution in [-0.2, 0) is 22.6 Å². The zero-order valence-electron chi connectivity index (χ0n) is 14.2. The minimum absolute atomic E-state index is 0.125. The normalized spacial score (nSPS) is 16.5. The van der Waals surface area contributed by atoms with Crippen LogP contribution in [0, 0.1) is 0 Å². The van der Waals surface area contributed by atoms with Crippen molar-refractivity contribution >= 4 is 15.9 Å². The molecule has 0 bridgehead atoms. The molecule has 1 aliphatic heterocycles. The molecule has 0 aromatic heterocycles. The smallest absolute Gasteiger partial charge is 0.416 e. The minimum atomic E-state index is -4.43. The third-order valence-electron chi connectivity index (χ3n) is 4.21. The summed E-state index contributed by atoms with van der Waals surface area (Å²) in [6.45, 7) is 1.41. The van der Waals surface area contributed by atoms with Gasteiger partial charge >= 0.3 is 6.18 Å². The van der Waals surface area contributed by atoms with E-state index in [-0.39, 0.29) is 17.7 Å². The molecule has 1 amide bonds. The summed E-state index contributed by atoms with van der Waals surface area (Å²) < 4.78 is 69.3. The Balaban J connectivity index is 1.81. The van der Waals surface area contributed by atoms with E-state index >= 15 is 0 Å². The Morgan fingerprint density at radius 2 is 1.96 bits per heavy atom. The number of benzene rings is 2. The Labute approximate surface area is 154 Å². The van der Waals surface area contributed by atoms with Crippen molar-refractivity contribution in [1.29, 1.82) is 0 Å². The lowest BCUT2D eigenvalue weighted by Crippen LogP contribution is -2.31. The molecule has 2 aromatic rings. The van der Waals surface area contributed by atoms with E-state index in [1.54, 1.807) is 12.1 Å². The summed E-state index contributed by atoms with van der Waals surface area (Å²) >= 11 is 0. The van der Waals surface area contributed by atoms with Gasteiger partial charge in [-0.25, -0.2) is 13.1 Å². The van der Waals surface area contributed by atoms with Gasteiger partial charge in [0.2, 0.25) is 10.0 Å². The predicted octanol–water partition coefficient (Wildman–Crippen LogP) is 3.46. The highest BCUT2D eigenvalue weighted by Crippen LogP contribution is 2.40. The number of sulfonamides is 1. The molecule has 1 atom stereocenters. The maximum Gasteiger partial charge on any atom is 0.416 e. The van der Waals surface area contributed by atoms with Crippen molar-refractivity contribution in [2.45, 2.75) is 25.6 Å². The van der Waals surface area contributed by atoms with E-state index in [0.717, 1.165) is 12.1 Å².